The van der Waals surface area contributed by atoms with Gasteiger partial charge in [-0.1, -0.05) is 31.2 Å². The maximum Gasteiger partial charge on any atom is 0.277 e. The topological polar surface area (TPSA) is 74.2 Å². The fourth-order valence-electron chi connectivity index (χ4n) is 2.28. The number of hydrogen-bond donors (Lipinski definition) is 2. The van der Waals surface area contributed by atoms with Crippen molar-refractivity contribution in [2.45, 2.75) is 13.3 Å². The highest BCUT2D eigenvalue weighted by Gasteiger charge is 2.02. The number of ether oxygens (including phenoxy) is 1. The first-order chi connectivity index (χ1) is 12.6. The Morgan fingerprint density at radius 3 is 2.50 bits per heavy atom. The number of carbonyl (C=O) groups excluding carboxylic acids is 1. The van der Waals surface area contributed by atoms with E-state index < -0.39 is 0 Å². The number of anilines is 1. The lowest BCUT2D eigenvalue weighted by molar-refractivity contribution is -0.123. The van der Waals surface area contributed by atoms with Crippen LogP contribution in [0.1, 0.15) is 18.1 Å². The standard InChI is InChI=1S/C20H25N3O3/c1-3-16-6-10-19(11-7-16)26-15-20(25)22-21-14-17-4-8-18(9-5-17)23(2)12-13-24/h4-11,14,24H,3,12-13,15H2,1-2H3,(H,22,25)/b21-14+. The van der Waals surface area contributed by atoms with Crippen LogP contribution in [0.4, 0.5) is 5.69 Å². The zero-order chi connectivity index (χ0) is 18.8. The number of amides is 1. The number of benzene rings is 2. The van der Waals surface area contributed by atoms with Gasteiger partial charge in [0.1, 0.15) is 5.75 Å². The minimum atomic E-state index is -0.319. The Hall–Kier alpha value is -2.86. The summed E-state index contributed by atoms with van der Waals surface area (Å²) >= 11 is 0. The summed E-state index contributed by atoms with van der Waals surface area (Å²) in [5.74, 6) is 0.337. The Bertz CT molecular complexity index is 712. The molecule has 0 heterocycles. The molecule has 2 N–H and O–H groups in total. The number of nitrogens with zero attached hydrogens (tertiary/aromatic N) is 2. The summed E-state index contributed by atoms with van der Waals surface area (Å²) in [6.45, 7) is 2.68. The molecule has 1 amide bonds. The first-order valence-corrected chi connectivity index (χ1v) is 8.58. The second-order valence-electron chi connectivity index (χ2n) is 5.82. The predicted molar refractivity (Wildman–Crippen MR) is 104 cm³/mol. The fraction of sp³-hybridized carbons (Fsp3) is 0.300. The van der Waals surface area contributed by atoms with Gasteiger partial charge in [-0.3, -0.25) is 4.79 Å². The van der Waals surface area contributed by atoms with Crippen LogP contribution < -0.4 is 15.1 Å². The van der Waals surface area contributed by atoms with E-state index in [4.69, 9.17) is 9.84 Å². The van der Waals surface area contributed by atoms with Gasteiger partial charge >= 0.3 is 0 Å². The number of likely N-dealkylation sites (N-methyl/N-ethyl adjacent to an activating group) is 1. The van der Waals surface area contributed by atoms with E-state index in [2.05, 4.69) is 17.5 Å². The van der Waals surface area contributed by atoms with Crippen molar-refractivity contribution in [1.29, 1.82) is 0 Å². The summed E-state index contributed by atoms with van der Waals surface area (Å²) in [7, 11) is 1.91. The maximum absolute atomic E-state index is 11.8. The van der Waals surface area contributed by atoms with E-state index in [1.807, 2.05) is 60.5 Å². The number of aliphatic hydroxyl groups excluding tert-OH is 1. The molecule has 0 aromatic heterocycles. The van der Waals surface area contributed by atoms with Crippen LogP contribution in [0.2, 0.25) is 0 Å². The van der Waals surface area contributed by atoms with Crippen LogP contribution >= 0.6 is 0 Å². The van der Waals surface area contributed by atoms with Gasteiger partial charge in [-0.2, -0.15) is 5.10 Å². The molecular formula is C20H25N3O3. The molecule has 0 fully saturated rings. The molecule has 0 aliphatic carbocycles. The van der Waals surface area contributed by atoms with E-state index in [9.17, 15) is 4.79 Å². The largest absolute Gasteiger partial charge is 0.484 e. The molecule has 0 saturated heterocycles. The molecule has 0 spiro atoms. The van der Waals surface area contributed by atoms with E-state index in [1.165, 1.54) is 5.56 Å². The highest BCUT2D eigenvalue weighted by molar-refractivity contribution is 5.83. The lowest BCUT2D eigenvalue weighted by Crippen LogP contribution is -2.24. The van der Waals surface area contributed by atoms with Crippen LogP contribution in [-0.2, 0) is 11.2 Å². The van der Waals surface area contributed by atoms with Gasteiger partial charge in [0.05, 0.1) is 12.8 Å². The predicted octanol–water partition coefficient (Wildman–Crippen LogP) is 2.21. The third-order valence-electron chi connectivity index (χ3n) is 3.87. The van der Waals surface area contributed by atoms with E-state index in [0.717, 1.165) is 17.7 Å². The summed E-state index contributed by atoms with van der Waals surface area (Å²) in [4.78, 5) is 13.7. The zero-order valence-electron chi connectivity index (χ0n) is 15.2. The van der Waals surface area contributed by atoms with E-state index >= 15 is 0 Å². The first kappa shape index (κ1) is 19.5. The van der Waals surface area contributed by atoms with Crippen LogP contribution in [0.3, 0.4) is 0 Å². The van der Waals surface area contributed by atoms with E-state index in [1.54, 1.807) is 6.21 Å². The molecule has 0 bridgehead atoms. The molecule has 138 valence electrons. The molecule has 6 heteroatoms. The monoisotopic (exact) mass is 355 g/mol. The Morgan fingerprint density at radius 2 is 1.88 bits per heavy atom. The molecule has 0 unspecified atom stereocenters. The van der Waals surface area contributed by atoms with Gasteiger partial charge < -0.3 is 14.7 Å². The number of nitrogens with one attached hydrogen (secondary N) is 1. The summed E-state index contributed by atoms with van der Waals surface area (Å²) in [6, 6.07) is 15.3. The van der Waals surface area contributed by atoms with Gasteiger partial charge in [-0.05, 0) is 41.8 Å². The number of aryl methyl sites for hydroxylation is 1. The van der Waals surface area contributed by atoms with Crippen LogP contribution in [-0.4, -0.2) is 44.0 Å². The summed E-state index contributed by atoms with van der Waals surface area (Å²) in [6.07, 6.45) is 2.54. The molecular weight excluding hydrogens is 330 g/mol. The summed E-state index contributed by atoms with van der Waals surface area (Å²) in [5, 5.41) is 12.9. The number of carbonyl (C=O) groups is 1. The number of aliphatic hydroxyl groups is 1. The average molecular weight is 355 g/mol. The van der Waals surface area contributed by atoms with Crippen LogP contribution in [0, 0.1) is 0 Å². The smallest absolute Gasteiger partial charge is 0.277 e. The van der Waals surface area contributed by atoms with Crippen molar-refractivity contribution >= 4 is 17.8 Å². The van der Waals surface area contributed by atoms with Gasteiger partial charge in [0, 0.05) is 19.3 Å². The minimum absolute atomic E-state index is 0.0896. The van der Waals surface area contributed by atoms with E-state index in [-0.39, 0.29) is 19.1 Å². The highest BCUT2D eigenvalue weighted by Crippen LogP contribution is 2.13. The maximum atomic E-state index is 11.8. The molecule has 6 nitrogen and oxygen atoms in total. The van der Waals surface area contributed by atoms with Gasteiger partial charge in [0.15, 0.2) is 6.61 Å². The summed E-state index contributed by atoms with van der Waals surface area (Å²) in [5.41, 5.74) is 5.53. The molecule has 0 atom stereocenters. The zero-order valence-corrected chi connectivity index (χ0v) is 15.2. The van der Waals surface area contributed by atoms with Crippen molar-refractivity contribution in [3.8, 4) is 5.75 Å². The quantitative estimate of drug-likeness (QED) is 0.534. The Morgan fingerprint density at radius 1 is 1.19 bits per heavy atom. The SMILES string of the molecule is CCc1ccc(OCC(=O)N/N=C/c2ccc(N(C)CCO)cc2)cc1. The number of hydrazone groups is 1. The molecule has 0 aliphatic rings. The molecule has 0 aliphatic heterocycles. The van der Waals surface area contributed by atoms with Gasteiger partial charge in [0.25, 0.3) is 5.91 Å². The number of rotatable bonds is 9. The number of hydrogen-bond acceptors (Lipinski definition) is 5. The Labute approximate surface area is 154 Å². The minimum Gasteiger partial charge on any atom is -0.484 e. The molecule has 2 aromatic carbocycles. The van der Waals surface area contributed by atoms with Crippen LogP contribution in [0.15, 0.2) is 53.6 Å². The fourth-order valence-corrected chi connectivity index (χ4v) is 2.28. The lowest BCUT2D eigenvalue weighted by atomic mass is 10.2. The van der Waals surface area contributed by atoms with Crippen molar-refractivity contribution in [1.82, 2.24) is 5.43 Å². The van der Waals surface area contributed by atoms with Gasteiger partial charge in [0.2, 0.25) is 0 Å². The highest BCUT2D eigenvalue weighted by atomic mass is 16.5. The van der Waals surface area contributed by atoms with Crippen molar-refractivity contribution in [3.05, 3.63) is 59.7 Å². The van der Waals surface area contributed by atoms with E-state index in [0.29, 0.717) is 12.3 Å². The molecule has 0 radical (unpaired) electrons. The second-order valence-corrected chi connectivity index (χ2v) is 5.82. The summed E-state index contributed by atoms with van der Waals surface area (Å²) < 4.78 is 5.42. The third kappa shape index (κ3) is 6.22. The van der Waals surface area contributed by atoms with Crippen LogP contribution in [0.25, 0.3) is 0 Å². The second kappa shape index (κ2) is 10.2. The van der Waals surface area contributed by atoms with Crippen molar-refractivity contribution in [3.63, 3.8) is 0 Å². The van der Waals surface area contributed by atoms with Crippen molar-refractivity contribution in [2.75, 3.05) is 31.7 Å². The third-order valence-corrected chi connectivity index (χ3v) is 3.87. The Kier molecular flexibility index (Phi) is 7.64. The lowest BCUT2D eigenvalue weighted by Gasteiger charge is -2.17. The van der Waals surface area contributed by atoms with Crippen LogP contribution in [0.5, 0.6) is 5.75 Å². The Balaban J connectivity index is 1.77. The molecule has 26 heavy (non-hydrogen) atoms. The first-order valence-electron chi connectivity index (χ1n) is 8.58. The van der Waals surface area contributed by atoms with Gasteiger partial charge in [-0.25, -0.2) is 5.43 Å². The normalized spacial score (nSPS) is 10.7. The van der Waals surface area contributed by atoms with Gasteiger partial charge in [-0.15, -0.1) is 0 Å². The molecule has 2 rings (SSSR count). The average Bonchev–Trinajstić information content (AvgIpc) is 2.67. The molecule has 0 saturated carbocycles. The van der Waals surface area contributed by atoms with Crippen molar-refractivity contribution < 1.29 is 14.6 Å². The van der Waals surface area contributed by atoms with Crippen molar-refractivity contribution in [2.24, 2.45) is 5.10 Å². The molecule has 2 aromatic rings.